The van der Waals surface area contributed by atoms with Gasteiger partial charge in [0.1, 0.15) is 5.60 Å². The molecule has 1 N–H and O–H groups in total. The summed E-state index contributed by atoms with van der Waals surface area (Å²) in [5.74, 6) is -1.22. The topological polar surface area (TPSA) is 54.4 Å². The maximum atomic E-state index is 11.9. The van der Waals surface area contributed by atoms with E-state index in [1.54, 1.807) is 31.2 Å². The highest BCUT2D eigenvalue weighted by molar-refractivity contribution is 6.18. The lowest BCUT2D eigenvalue weighted by atomic mass is 9.73. The van der Waals surface area contributed by atoms with Crippen LogP contribution in [0.25, 0.3) is 0 Å². The van der Waals surface area contributed by atoms with Crippen LogP contribution in [0.5, 0.6) is 0 Å². The molecule has 3 nitrogen and oxygen atoms in total. The largest absolute Gasteiger partial charge is 0.381 e. The van der Waals surface area contributed by atoms with Crippen LogP contribution in [0.3, 0.4) is 0 Å². The summed E-state index contributed by atoms with van der Waals surface area (Å²) < 4.78 is 0. The fourth-order valence-electron chi connectivity index (χ4n) is 1.85. The van der Waals surface area contributed by atoms with Gasteiger partial charge in [-0.2, -0.15) is 0 Å². The van der Waals surface area contributed by atoms with Crippen LogP contribution in [0.1, 0.15) is 34.6 Å². The van der Waals surface area contributed by atoms with Crippen LogP contribution < -0.4 is 0 Å². The van der Waals surface area contributed by atoms with Gasteiger partial charge >= 0.3 is 0 Å². The first-order valence-corrected chi connectivity index (χ1v) is 4.86. The standard InChI is InChI=1S/C12H12O3/c1-7-10(13)8-5-3-4-6-9(8)11(14)12(7,2)15/h3-7,15H,1-2H3/t7-,12+/m0/s1. The van der Waals surface area contributed by atoms with Crippen molar-refractivity contribution in [2.75, 3.05) is 0 Å². The van der Waals surface area contributed by atoms with Crippen LogP contribution >= 0.6 is 0 Å². The van der Waals surface area contributed by atoms with E-state index in [-0.39, 0.29) is 11.6 Å². The van der Waals surface area contributed by atoms with Crippen molar-refractivity contribution in [3.63, 3.8) is 0 Å². The highest BCUT2D eigenvalue weighted by Crippen LogP contribution is 2.32. The molecule has 0 radical (unpaired) electrons. The summed E-state index contributed by atoms with van der Waals surface area (Å²) in [6.45, 7) is 2.98. The fourth-order valence-corrected chi connectivity index (χ4v) is 1.85. The number of benzene rings is 1. The Kier molecular flexibility index (Phi) is 2.01. The lowest BCUT2D eigenvalue weighted by molar-refractivity contribution is 0.0115. The average molecular weight is 204 g/mol. The lowest BCUT2D eigenvalue weighted by Crippen LogP contribution is -2.49. The minimum Gasteiger partial charge on any atom is -0.381 e. The van der Waals surface area contributed by atoms with Crippen molar-refractivity contribution in [1.82, 2.24) is 0 Å². The molecular formula is C12H12O3. The molecule has 0 heterocycles. The van der Waals surface area contributed by atoms with Crippen LogP contribution in [0, 0.1) is 5.92 Å². The molecule has 0 saturated heterocycles. The molecule has 2 rings (SSSR count). The monoisotopic (exact) mass is 204 g/mol. The van der Waals surface area contributed by atoms with E-state index in [0.29, 0.717) is 11.1 Å². The Morgan fingerprint density at radius 1 is 1.20 bits per heavy atom. The summed E-state index contributed by atoms with van der Waals surface area (Å²) in [6, 6.07) is 6.62. The van der Waals surface area contributed by atoms with E-state index in [1.165, 1.54) is 6.92 Å². The van der Waals surface area contributed by atoms with Crippen LogP contribution in [0.4, 0.5) is 0 Å². The van der Waals surface area contributed by atoms with Gasteiger partial charge in [0.05, 0.1) is 5.92 Å². The first-order chi connectivity index (χ1) is 6.96. The van der Waals surface area contributed by atoms with Crippen LogP contribution in [-0.4, -0.2) is 22.3 Å². The van der Waals surface area contributed by atoms with E-state index in [9.17, 15) is 14.7 Å². The van der Waals surface area contributed by atoms with Crippen LogP contribution in [-0.2, 0) is 0 Å². The normalized spacial score (nSPS) is 30.2. The molecule has 78 valence electrons. The zero-order chi connectivity index (χ0) is 11.2. The first kappa shape index (κ1) is 10.1. The summed E-state index contributed by atoms with van der Waals surface area (Å²) in [5, 5.41) is 9.96. The summed E-state index contributed by atoms with van der Waals surface area (Å²) in [7, 11) is 0. The molecule has 0 aliphatic heterocycles. The second-order valence-corrected chi connectivity index (χ2v) is 4.11. The summed E-state index contributed by atoms with van der Waals surface area (Å²) in [5.41, 5.74) is -0.835. The van der Waals surface area contributed by atoms with Crippen molar-refractivity contribution < 1.29 is 14.7 Å². The van der Waals surface area contributed by atoms with Gasteiger partial charge in [0.2, 0.25) is 0 Å². The predicted molar refractivity (Wildman–Crippen MR) is 54.9 cm³/mol. The number of ketones is 2. The number of rotatable bonds is 0. The number of aliphatic hydroxyl groups is 1. The smallest absolute Gasteiger partial charge is 0.195 e. The Labute approximate surface area is 87.7 Å². The van der Waals surface area contributed by atoms with Crippen molar-refractivity contribution in [3.8, 4) is 0 Å². The van der Waals surface area contributed by atoms with Crippen molar-refractivity contribution >= 4 is 11.6 Å². The van der Waals surface area contributed by atoms with Gasteiger partial charge in [-0.1, -0.05) is 31.2 Å². The first-order valence-electron chi connectivity index (χ1n) is 4.86. The quantitative estimate of drug-likeness (QED) is 0.696. The molecule has 0 amide bonds. The SMILES string of the molecule is C[C@H]1C(=O)c2ccccc2C(=O)[C@]1(C)O. The minimum absolute atomic E-state index is 0.171. The predicted octanol–water partition coefficient (Wildman–Crippen LogP) is 1.45. The van der Waals surface area contributed by atoms with Gasteiger partial charge in [0, 0.05) is 11.1 Å². The van der Waals surface area contributed by atoms with Crippen molar-refractivity contribution in [1.29, 1.82) is 0 Å². The minimum atomic E-state index is -1.58. The molecule has 0 fully saturated rings. The average Bonchev–Trinajstić information content (AvgIpc) is 2.24. The summed E-state index contributed by atoms with van der Waals surface area (Å²) >= 11 is 0. The third-order valence-electron chi connectivity index (χ3n) is 3.13. The second kappa shape index (κ2) is 3.00. The maximum Gasteiger partial charge on any atom is 0.195 e. The highest BCUT2D eigenvalue weighted by Gasteiger charge is 2.46. The van der Waals surface area contributed by atoms with Gasteiger partial charge in [0.25, 0.3) is 0 Å². The van der Waals surface area contributed by atoms with E-state index in [2.05, 4.69) is 0 Å². The number of carbonyl (C=O) groups excluding carboxylic acids is 2. The van der Waals surface area contributed by atoms with E-state index >= 15 is 0 Å². The molecule has 3 heteroatoms. The molecule has 1 aliphatic rings. The Morgan fingerprint density at radius 3 is 2.33 bits per heavy atom. The molecule has 0 unspecified atom stereocenters. The summed E-state index contributed by atoms with van der Waals surface area (Å²) in [4.78, 5) is 23.8. The molecule has 1 aliphatic carbocycles. The molecule has 0 spiro atoms. The Balaban J connectivity index is 2.68. The number of carbonyl (C=O) groups is 2. The number of Topliss-reactive ketones (excluding diaryl/α,β-unsaturated/α-hetero) is 2. The molecule has 2 atom stereocenters. The van der Waals surface area contributed by atoms with E-state index in [0.717, 1.165) is 0 Å². The zero-order valence-electron chi connectivity index (χ0n) is 8.65. The highest BCUT2D eigenvalue weighted by atomic mass is 16.3. The van der Waals surface area contributed by atoms with Crippen molar-refractivity contribution in [2.45, 2.75) is 19.4 Å². The molecule has 0 saturated carbocycles. The Morgan fingerprint density at radius 2 is 1.73 bits per heavy atom. The van der Waals surface area contributed by atoms with Crippen molar-refractivity contribution in [3.05, 3.63) is 35.4 Å². The van der Waals surface area contributed by atoms with Gasteiger partial charge in [0.15, 0.2) is 11.6 Å². The molecule has 0 aromatic heterocycles. The maximum absolute atomic E-state index is 11.9. The molecule has 0 bridgehead atoms. The molecule has 1 aromatic rings. The Hall–Kier alpha value is -1.48. The van der Waals surface area contributed by atoms with Crippen LogP contribution in [0.15, 0.2) is 24.3 Å². The number of hydrogen-bond donors (Lipinski definition) is 1. The van der Waals surface area contributed by atoms with Gasteiger partial charge in [-0.25, -0.2) is 0 Å². The van der Waals surface area contributed by atoms with E-state index < -0.39 is 11.5 Å². The number of fused-ring (bicyclic) bond motifs is 1. The van der Waals surface area contributed by atoms with E-state index in [1.807, 2.05) is 0 Å². The lowest BCUT2D eigenvalue weighted by Gasteiger charge is -2.33. The third-order valence-corrected chi connectivity index (χ3v) is 3.13. The molecule has 1 aromatic carbocycles. The van der Waals surface area contributed by atoms with Gasteiger partial charge in [-0.05, 0) is 6.92 Å². The Bertz CT molecular complexity index is 446. The van der Waals surface area contributed by atoms with Crippen LogP contribution in [0.2, 0.25) is 0 Å². The van der Waals surface area contributed by atoms with Gasteiger partial charge in [-0.15, -0.1) is 0 Å². The van der Waals surface area contributed by atoms with Gasteiger partial charge in [-0.3, -0.25) is 9.59 Å². The molecule has 15 heavy (non-hydrogen) atoms. The zero-order valence-corrected chi connectivity index (χ0v) is 8.65. The summed E-state index contributed by atoms with van der Waals surface area (Å²) in [6.07, 6.45) is 0. The second-order valence-electron chi connectivity index (χ2n) is 4.11. The fraction of sp³-hybridized carbons (Fsp3) is 0.333. The third kappa shape index (κ3) is 1.23. The van der Waals surface area contributed by atoms with Gasteiger partial charge < -0.3 is 5.11 Å². The van der Waals surface area contributed by atoms with Crippen molar-refractivity contribution in [2.24, 2.45) is 5.92 Å². The molecular weight excluding hydrogens is 192 g/mol. The van der Waals surface area contributed by atoms with E-state index in [4.69, 9.17) is 0 Å². The number of hydrogen-bond acceptors (Lipinski definition) is 3.